The molecule has 4 rings (SSSR count). The predicted molar refractivity (Wildman–Crippen MR) is 94.8 cm³/mol. The number of hydrogen-bond donors (Lipinski definition) is 1. The van der Waals surface area contributed by atoms with Gasteiger partial charge in [0.2, 0.25) is 0 Å². The normalized spacial score (nSPS) is 19.8. The Balaban J connectivity index is 1.59. The minimum absolute atomic E-state index is 0.00511. The molecule has 0 saturated carbocycles. The van der Waals surface area contributed by atoms with Crippen LogP contribution < -0.4 is 4.90 Å². The Bertz CT molecular complexity index is 876. The lowest BCUT2D eigenvalue weighted by Gasteiger charge is -2.40. The third-order valence-corrected chi connectivity index (χ3v) is 5.93. The number of carboxylic acid groups (broad SMARTS) is 1. The first kappa shape index (κ1) is 17.9. The number of rotatable bonds is 1. The molecule has 144 valence electrons. The fraction of sp³-hybridized carbons (Fsp3) is 0.474. The molecular formula is C19H20F3N3O2. The average molecular weight is 379 g/mol. The number of anilines is 1. The number of aromatic nitrogens is 1. The fourth-order valence-electron chi connectivity index (χ4n) is 4.39. The Morgan fingerprint density at radius 2 is 1.81 bits per heavy atom. The van der Waals surface area contributed by atoms with Crippen LogP contribution in [0, 0.1) is 5.41 Å². The highest BCUT2D eigenvalue weighted by Crippen LogP contribution is 2.43. The maximum Gasteiger partial charge on any atom is 0.418 e. The molecule has 0 aliphatic carbocycles. The Kier molecular flexibility index (Phi) is 4.16. The van der Waals surface area contributed by atoms with Gasteiger partial charge in [0, 0.05) is 43.4 Å². The van der Waals surface area contributed by atoms with Crippen molar-refractivity contribution in [3.8, 4) is 0 Å². The number of alkyl halides is 3. The number of likely N-dealkylation sites (tertiary alicyclic amines) is 1. The SMILES string of the molecule is O=C(O)N1CCC2(CCN(c3ccnc4c(C(F)(F)F)cccc34)CC2)C1. The molecule has 2 aromatic rings. The van der Waals surface area contributed by atoms with E-state index in [-0.39, 0.29) is 10.9 Å². The van der Waals surface area contributed by atoms with Gasteiger partial charge in [-0.2, -0.15) is 13.2 Å². The standard InChI is InChI=1S/C19H20F3N3O2/c20-19(21,22)14-3-1-2-13-15(4-8-23-16(13)14)24-9-5-18(6-10-24)7-11-25(12-18)17(26)27/h1-4,8H,5-7,9-12H2,(H,26,27). The van der Waals surface area contributed by atoms with E-state index < -0.39 is 17.8 Å². The van der Waals surface area contributed by atoms with Gasteiger partial charge in [-0.1, -0.05) is 12.1 Å². The Morgan fingerprint density at radius 1 is 1.11 bits per heavy atom. The third-order valence-electron chi connectivity index (χ3n) is 5.93. The van der Waals surface area contributed by atoms with Crippen molar-refractivity contribution >= 4 is 22.7 Å². The zero-order valence-electron chi connectivity index (χ0n) is 14.7. The zero-order valence-corrected chi connectivity index (χ0v) is 14.7. The van der Waals surface area contributed by atoms with E-state index in [4.69, 9.17) is 0 Å². The van der Waals surface area contributed by atoms with E-state index in [1.165, 1.54) is 17.2 Å². The van der Waals surface area contributed by atoms with Gasteiger partial charge in [0.15, 0.2) is 0 Å². The molecule has 2 aliphatic heterocycles. The summed E-state index contributed by atoms with van der Waals surface area (Å²) in [6.07, 6.45) is -1.38. The summed E-state index contributed by atoms with van der Waals surface area (Å²) in [5.41, 5.74) is 0.00690. The monoisotopic (exact) mass is 379 g/mol. The van der Waals surface area contributed by atoms with Crippen LogP contribution in [-0.4, -0.2) is 47.3 Å². The molecule has 0 radical (unpaired) electrons. The van der Waals surface area contributed by atoms with E-state index >= 15 is 0 Å². The number of hydrogen-bond acceptors (Lipinski definition) is 3. The molecule has 8 heteroatoms. The number of fused-ring (bicyclic) bond motifs is 1. The van der Waals surface area contributed by atoms with Crippen molar-refractivity contribution in [2.24, 2.45) is 5.41 Å². The summed E-state index contributed by atoms with van der Waals surface area (Å²) in [4.78, 5) is 18.7. The second kappa shape index (κ2) is 6.28. The van der Waals surface area contributed by atoms with Crippen molar-refractivity contribution in [2.75, 3.05) is 31.1 Å². The molecular weight excluding hydrogens is 359 g/mol. The van der Waals surface area contributed by atoms with Crippen LogP contribution in [0.1, 0.15) is 24.8 Å². The van der Waals surface area contributed by atoms with Crippen LogP contribution >= 0.6 is 0 Å². The number of nitrogens with zero attached hydrogens (tertiary/aromatic N) is 3. The van der Waals surface area contributed by atoms with Crippen LogP contribution in [0.15, 0.2) is 30.5 Å². The van der Waals surface area contributed by atoms with Gasteiger partial charge in [-0.05, 0) is 36.8 Å². The number of pyridine rings is 1. The highest BCUT2D eigenvalue weighted by molar-refractivity contribution is 5.93. The summed E-state index contributed by atoms with van der Waals surface area (Å²) >= 11 is 0. The smallest absolute Gasteiger partial charge is 0.418 e. The van der Waals surface area contributed by atoms with Crippen molar-refractivity contribution < 1.29 is 23.1 Å². The lowest BCUT2D eigenvalue weighted by atomic mass is 9.77. The molecule has 0 unspecified atom stereocenters. The van der Waals surface area contributed by atoms with Crippen LogP contribution in [-0.2, 0) is 6.18 Å². The molecule has 1 spiro atoms. The Hall–Kier alpha value is -2.51. The van der Waals surface area contributed by atoms with E-state index in [1.807, 2.05) is 0 Å². The summed E-state index contributed by atoms with van der Waals surface area (Å²) in [5, 5.41) is 9.69. The van der Waals surface area contributed by atoms with Gasteiger partial charge >= 0.3 is 12.3 Å². The van der Waals surface area contributed by atoms with Crippen molar-refractivity contribution in [1.82, 2.24) is 9.88 Å². The van der Waals surface area contributed by atoms with Crippen molar-refractivity contribution in [1.29, 1.82) is 0 Å². The number of para-hydroxylation sites is 1. The number of halogens is 3. The molecule has 3 heterocycles. The van der Waals surface area contributed by atoms with Crippen LogP contribution in [0.3, 0.4) is 0 Å². The fourth-order valence-corrected chi connectivity index (χ4v) is 4.39. The molecule has 27 heavy (non-hydrogen) atoms. The number of carbonyl (C=O) groups is 1. The second-order valence-corrected chi connectivity index (χ2v) is 7.47. The van der Waals surface area contributed by atoms with Crippen LogP contribution in [0.25, 0.3) is 10.9 Å². The predicted octanol–water partition coefficient (Wildman–Crippen LogP) is 4.22. The van der Waals surface area contributed by atoms with E-state index in [9.17, 15) is 23.1 Å². The van der Waals surface area contributed by atoms with E-state index in [2.05, 4.69) is 9.88 Å². The topological polar surface area (TPSA) is 56.7 Å². The highest BCUT2D eigenvalue weighted by atomic mass is 19.4. The van der Waals surface area contributed by atoms with Gasteiger partial charge in [-0.25, -0.2) is 4.79 Å². The quantitative estimate of drug-likeness (QED) is 0.806. The molecule has 2 aliphatic rings. The van der Waals surface area contributed by atoms with E-state index in [0.29, 0.717) is 31.6 Å². The zero-order chi connectivity index (χ0) is 19.2. The lowest BCUT2D eigenvalue weighted by molar-refractivity contribution is -0.136. The van der Waals surface area contributed by atoms with Gasteiger partial charge in [-0.15, -0.1) is 0 Å². The van der Waals surface area contributed by atoms with Gasteiger partial charge in [-0.3, -0.25) is 4.98 Å². The minimum Gasteiger partial charge on any atom is -0.465 e. The third kappa shape index (κ3) is 3.17. The molecule has 1 N–H and O–H groups in total. The highest BCUT2D eigenvalue weighted by Gasteiger charge is 2.42. The first-order valence-corrected chi connectivity index (χ1v) is 8.97. The van der Waals surface area contributed by atoms with Crippen molar-refractivity contribution in [3.63, 3.8) is 0 Å². The molecule has 1 amide bonds. The van der Waals surface area contributed by atoms with Gasteiger partial charge in [0.25, 0.3) is 0 Å². The summed E-state index contributed by atoms with van der Waals surface area (Å²) in [6, 6.07) is 5.92. The maximum absolute atomic E-state index is 13.3. The van der Waals surface area contributed by atoms with Gasteiger partial charge in [0.1, 0.15) is 0 Å². The molecule has 1 aromatic carbocycles. The summed E-state index contributed by atoms with van der Waals surface area (Å²) in [6.45, 7) is 2.50. The van der Waals surface area contributed by atoms with E-state index in [1.54, 1.807) is 12.1 Å². The molecule has 5 nitrogen and oxygen atoms in total. The number of piperidine rings is 1. The minimum atomic E-state index is -4.44. The van der Waals surface area contributed by atoms with E-state index in [0.717, 1.165) is 31.0 Å². The van der Waals surface area contributed by atoms with Gasteiger partial charge < -0.3 is 14.9 Å². The Morgan fingerprint density at radius 3 is 2.44 bits per heavy atom. The lowest BCUT2D eigenvalue weighted by Crippen LogP contribution is -2.42. The molecule has 1 aromatic heterocycles. The van der Waals surface area contributed by atoms with Crippen LogP contribution in [0.5, 0.6) is 0 Å². The summed E-state index contributed by atoms with van der Waals surface area (Å²) in [5.74, 6) is 0. The Labute approximate surface area is 154 Å². The summed E-state index contributed by atoms with van der Waals surface area (Å²) in [7, 11) is 0. The average Bonchev–Trinajstić information content (AvgIpc) is 3.05. The van der Waals surface area contributed by atoms with Crippen molar-refractivity contribution in [2.45, 2.75) is 25.4 Å². The number of amides is 1. The first-order valence-electron chi connectivity index (χ1n) is 8.97. The number of benzene rings is 1. The second-order valence-electron chi connectivity index (χ2n) is 7.47. The van der Waals surface area contributed by atoms with Crippen LogP contribution in [0.2, 0.25) is 0 Å². The molecule has 2 fully saturated rings. The van der Waals surface area contributed by atoms with Crippen molar-refractivity contribution in [3.05, 3.63) is 36.0 Å². The van der Waals surface area contributed by atoms with Crippen LogP contribution in [0.4, 0.5) is 23.7 Å². The largest absolute Gasteiger partial charge is 0.465 e. The first-order chi connectivity index (χ1) is 12.8. The molecule has 0 bridgehead atoms. The molecule has 2 saturated heterocycles. The summed E-state index contributed by atoms with van der Waals surface area (Å²) < 4.78 is 39.9. The molecule has 0 atom stereocenters. The maximum atomic E-state index is 13.3. The van der Waals surface area contributed by atoms with Gasteiger partial charge in [0.05, 0.1) is 11.1 Å².